The van der Waals surface area contributed by atoms with Gasteiger partial charge >= 0.3 is 0 Å². The van der Waals surface area contributed by atoms with E-state index in [2.05, 4.69) is 224 Å². The lowest BCUT2D eigenvalue weighted by Crippen LogP contribution is -3.00. The zero-order valence-corrected chi connectivity index (χ0v) is 88.2. The van der Waals surface area contributed by atoms with E-state index in [-0.39, 0.29) is 46.6 Å². The molecular formula is C114H190Cl2F3S2+. The molecule has 0 unspecified atom stereocenters. The molecule has 12 rings (SSSR count). The summed E-state index contributed by atoms with van der Waals surface area (Å²) in [4.78, 5) is 8.17. The van der Waals surface area contributed by atoms with Crippen LogP contribution in [0, 0.1) is 0 Å². The molecule has 0 N–H and O–H groups in total. The van der Waals surface area contributed by atoms with E-state index in [1.807, 2.05) is 426 Å². The van der Waals surface area contributed by atoms with E-state index in [4.69, 9.17) is 0 Å². The normalized spacial score (nSPS) is 7.04. The third kappa shape index (κ3) is 135. The molecule has 0 bridgehead atoms. The highest BCUT2D eigenvalue weighted by molar-refractivity contribution is 7.97. The molecule has 0 atom stereocenters. The molecule has 0 spiro atoms. The summed E-state index contributed by atoms with van der Waals surface area (Å²) in [5, 5.41) is 0. The number of hydrogen-bond donors (Lipinski definition) is 0. The average Bonchev–Trinajstić information content (AvgIpc) is 0.829. The van der Waals surface area contributed by atoms with Crippen molar-refractivity contribution in [1.82, 2.24) is 0 Å². The minimum absolute atomic E-state index is 0. The molecule has 12 aromatic carbocycles. The lowest BCUT2D eigenvalue weighted by Gasteiger charge is -2.07. The van der Waals surface area contributed by atoms with Gasteiger partial charge in [-0.1, -0.05) is 596 Å². The van der Waals surface area contributed by atoms with Crippen molar-refractivity contribution in [1.29, 1.82) is 0 Å². The third-order valence-corrected chi connectivity index (χ3v) is 14.3. The summed E-state index contributed by atoms with van der Waals surface area (Å²) < 4.78 is 28.5. The van der Waals surface area contributed by atoms with Crippen molar-refractivity contribution in [3.8, 4) is 0 Å². The van der Waals surface area contributed by atoms with E-state index in [0.29, 0.717) is 21.5 Å². The first-order chi connectivity index (χ1) is 59.1. The summed E-state index contributed by atoms with van der Waals surface area (Å²) >= 11 is 0. The highest BCUT2D eigenvalue weighted by atomic mass is 35.5. The molecule has 12 aromatic rings. The monoisotopic (exact) mass is 1750 g/mol. The molecule has 121 heavy (non-hydrogen) atoms. The van der Waals surface area contributed by atoms with E-state index in [0.717, 1.165) is 0 Å². The summed E-state index contributed by atoms with van der Waals surface area (Å²) in [6.45, 7) is 72.8. The fourth-order valence-electron chi connectivity index (χ4n) is 6.47. The second kappa shape index (κ2) is 191. The Kier molecular flexibility index (Phi) is 253. The standard InChI is InChI=1S/2C18H15S.6C6H6.3C3H8.15C2H6.3CH3F.2ClH/c2*1-4-10-16(11-5-1)19(17-12-6-2-7-13-17)18-14-8-3-9-15-18;6*1-2-4-6-5-3-1;3*1-3-2;18*1-2;;/h2*1-15H;6*1-6H;3*3H2,1-2H3;15*1-2H3;3*1H3;2*1H/q2*+1;;;;;;;;;;;;;;;;;;;;;;;;;;;;;/p-1. The van der Waals surface area contributed by atoms with Gasteiger partial charge in [-0.25, -0.2) is 0 Å². The molecule has 0 nitrogen and oxygen atoms in total. The highest BCUT2D eigenvalue weighted by Crippen LogP contribution is 2.32. The van der Waals surface area contributed by atoms with Crippen LogP contribution in [0.3, 0.4) is 0 Å². The molecule has 0 heterocycles. The molecule has 7 heteroatoms. The average molecular weight is 1750 g/mol. The maximum Gasteiger partial charge on any atom is 0.166 e. The minimum atomic E-state index is -0.0146. The number of hydrogen-bond acceptors (Lipinski definition) is 0. The van der Waals surface area contributed by atoms with Crippen LogP contribution < -0.4 is 12.4 Å². The Labute approximate surface area is 774 Å². The van der Waals surface area contributed by atoms with Gasteiger partial charge in [-0.3, -0.25) is 13.2 Å². The summed E-state index contributed by atoms with van der Waals surface area (Å²) in [5.74, 6) is 0. The number of benzene rings is 12. The first-order valence-electron chi connectivity index (χ1n) is 45.1. The largest absolute Gasteiger partial charge is 1.00 e. The van der Waals surface area contributed by atoms with Crippen LogP contribution in [0.25, 0.3) is 0 Å². The van der Waals surface area contributed by atoms with Gasteiger partial charge in [-0.2, -0.15) is 0 Å². The van der Waals surface area contributed by atoms with Gasteiger partial charge in [-0.15, -0.1) is 12.4 Å². The summed E-state index contributed by atoms with van der Waals surface area (Å²) in [6, 6.07) is 136. The van der Waals surface area contributed by atoms with Gasteiger partial charge in [0.2, 0.25) is 0 Å². The third-order valence-electron chi connectivity index (χ3n) is 9.87. The van der Waals surface area contributed by atoms with Gasteiger partial charge in [0, 0.05) is 0 Å². The molecule has 0 aliphatic rings. The smallest absolute Gasteiger partial charge is 0.166 e. The van der Waals surface area contributed by atoms with Crippen LogP contribution in [-0.4, -0.2) is 21.5 Å². The molecule has 0 aliphatic heterocycles. The van der Waals surface area contributed by atoms with Gasteiger partial charge in [0.25, 0.3) is 0 Å². The molecule has 0 aliphatic carbocycles. The summed E-state index contributed by atoms with van der Waals surface area (Å²) in [7, 11) is 1.47. The maximum absolute atomic E-state index is 9.50. The predicted octanol–water partition coefficient (Wildman–Crippen LogP) is 38.5. The SMILES string of the molecule is CC.CC.CC.CC.CC.CC.CC.CC.CC.CC.CC.CC.CC.CC.CC.CCC.CCC.CCC.CF.CF.CF.Cl.[Cl-].c1ccc([S+](c2ccccc2)c2ccccc2)cc1.c1ccc([S+](c2ccccc2)c2ccccc2)cc1.c1ccccc1.c1ccccc1.c1ccccc1.c1ccccc1.c1ccccc1.c1ccccc1. The summed E-state index contributed by atoms with van der Waals surface area (Å²) in [5.41, 5.74) is 0. The predicted molar refractivity (Wildman–Crippen MR) is 568 cm³/mol. The first kappa shape index (κ1) is 160. The van der Waals surface area contributed by atoms with Gasteiger partial charge in [0.15, 0.2) is 29.4 Å². The number of alkyl halides is 3. The van der Waals surface area contributed by atoms with Crippen LogP contribution >= 0.6 is 12.4 Å². The van der Waals surface area contributed by atoms with Crippen LogP contribution in [0.4, 0.5) is 13.2 Å². The van der Waals surface area contributed by atoms with E-state index in [1.165, 1.54) is 48.6 Å². The fraction of sp³-hybridized carbons (Fsp3) is 0.368. The Morgan fingerprint density at radius 2 is 0.174 bits per heavy atom. The van der Waals surface area contributed by atoms with Crippen molar-refractivity contribution in [2.45, 2.75) is 298 Å². The van der Waals surface area contributed by atoms with Crippen LogP contribution in [0.15, 0.2) is 430 Å². The van der Waals surface area contributed by atoms with Crippen molar-refractivity contribution < 1.29 is 25.6 Å². The lowest BCUT2D eigenvalue weighted by atomic mass is 10.4. The quantitative estimate of drug-likeness (QED) is 0.146. The van der Waals surface area contributed by atoms with Crippen molar-refractivity contribution in [2.75, 3.05) is 21.5 Å². The van der Waals surface area contributed by atoms with Crippen LogP contribution in [-0.2, 0) is 21.8 Å². The van der Waals surface area contributed by atoms with E-state index in [1.54, 1.807) is 0 Å². The van der Waals surface area contributed by atoms with Crippen molar-refractivity contribution in [3.05, 3.63) is 400 Å². The Morgan fingerprint density at radius 3 is 0.223 bits per heavy atom. The van der Waals surface area contributed by atoms with E-state index >= 15 is 0 Å². The first-order valence-corrected chi connectivity index (χ1v) is 47.5. The van der Waals surface area contributed by atoms with Gasteiger partial charge < -0.3 is 12.4 Å². The second-order valence-electron chi connectivity index (χ2n) is 17.5. The highest BCUT2D eigenvalue weighted by Gasteiger charge is 2.28. The van der Waals surface area contributed by atoms with Crippen LogP contribution in [0.2, 0.25) is 0 Å². The molecule has 0 amide bonds. The Hall–Kier alpha value is -8.29. The number of rotatable bonds is 6. The summed E-state index contributed by atoms with van der Waals surface area (Å²) in [6.07, 6.45) is 3.75. The molecule has 0 radical (unpaired) electrons. The molecule has 692 valence electrons. The number of halogens is 5. The maximum atomic E-state index is 9.50. The second-order valence-corrected chi connectivity index (χ2v) is 21.6. The van der Waals surface area contributed by atoms with Gasteiger partial charge in [0.05, 0.1) is 43.3 Å². The van der Waals surface area contributed by atoms with Crippen molar-refractivity contribution >= 4 is 34.2 Å². The van der Waals surface area contributed by atoms with Gasteiger partial charge in [0.1, 0.15) is 0 Å². The zero-order chi connectivity index (χ0) is 95.4. The van der Waals surface area contributed by atoms with Crippen LogP contribution in [0.5, 0.6) is 0 Å². The van der Waals surface area contributed by atoms with Crippen molar-refractivity contribution in [3.63, 3.8) is 0 Å². The topological polar surface area (TPSA) is 0 Å². The minimum Gasteiger partial charge on any atom is -1.00 e. The Bertz CT molecular complexity index is 2350. The lowest BCUT2D eigenvalue weighted by molar-refractivity contribution is -0.0000278. The molecule has 0 saturated carbocycles. The zero-order valence-electron chi connectivity index (χ0n) is 85.0. The van der Waals surface area contributed by atoms with E-state index in [9.17, 15) is 13.2 Å². The molecule has 0 fully saturated rings. The molecule has 0 aromatic heterocycles. The van der Waals surface area contributed by atoms with Crippen LogP contribution in [0.1, 0.15) is 269 Å². The molecule has 0 saturated heterocycles. The fourth-order valence-corrected chi connectivity index (χ4v) is 10.7. The Morgan fingerprint density at radius 1 is 0.132 bits per heavy atom. The van der Waals surface area contributed by atoms with E-state index < -0.39 is 0 Å². The molecular weight excluding hydrogens is 1560 g/mol. The van der Waals surface area contributed by atoms with Gasteiger partial charge in [-0.05, 0) is 72.8 Å². The Balaban J connectivity index is -0.0000000556. The van der Waals surface area contributed by atoms with Crippen molar-refractivity contribution in [2.24, 2.45) is 0 Å².